The molecule has 6 nitrogen and oxygen atoms in total. The first-order chi connectivity index (χ1) is 12.0. The number of hydrogen-bond donors (Lipinski definition) is 2. The third-order valence-corrected chi connectivity index (χ3v) is 3.20. The van der Waals surface area contributed by atoms with Crippen molar-refractivity contribution in [3.63, 3.8) is 0 Å². The number of nitrogens with one attached hydrogen (secondary N) is 1. The van der Waals surface area contributed by atoms with Crippen molar-refractivity contribution < 1.29 is 19.1 Å². The van der Waals surface area contributed by atoms with Crippen LogP contribution in [0.1, 0.15) is 18.9 Å². The molecule has 0 unspecified atom stereocenters. The Bertz CT molecular complexity index is 646. The minimum atomic E-state index is -0.440. The average Bonchev–Trinajstić information content (AvgIpc) is 2.63. The third-order valence-electron chi connectivity index (χ3n) is 3.20. The van der Waals surface area contributed by atoms with E-state index in [4.69, 9.17) is 10.5 Å². The van der Waals surface area contributed by atoms with Crippen LogP contribution in [0.5, 0.6) is 5.75 Å². The molecular weight excluding hydrogens is 320 g/mol. The van der Waals surface area contributed by atoms with Crippen LogP contribution in [0.15, 0.2) is 54.3 Å². The molecule has 1 rings (SSSR count). The van der Waals surface area contributed by atoms with Gasteiger partial charge in [-0.25, -0.2) is 4.79 Å². The van der Waals surface area contributed by atoms with Gasteiger partial charge in [0.25, 0.3) is 0 Å². The summed E-state index contributed by atoms with van der Waals surface area (Å²) in [6, 6.07) is 7.03. The van der Waals surface area contributed by atoms with E-state index in [9.17, 15) is 9.59 Å². The highest BCUT2D eigenvalue weighted by atomic mass is 16.6. The lowest BCUT2D eigenvalue weighted by Gasteiger charge is -2.04. The molecule has 0 atom stereocenters. The number of nitrogens with two attached hydrogens (primary N) is 1. The van der Waals surface area contributed by atoms with Crippen molar-refractivity contribution in [2.24, 2.45) is 5.73 Å². The van der Waals surface area contributed by atoms with Gasteiger partial charge in [-0.2, -0.15) is 0 Å². The molecule has 6 heteroatoms. The zero-order valence-corrected chi connectivity index (χ0v) is 14.5. The summed E-state index contributed by atoms with van der Waals surface area (Å²) in [6.45, 7) is 2.40. The fourth-order valence-corrected chi connectivity index (χ4v) is 1.79. The van der Waals surface area contributed by atoms with E-state index in [1.54, 1.807) is 36.4 Å². The fraction of sp³-hybridized carbons (Fsp3) is 0.263. The van der Waals surface area contributed by atoms with E-state index in [-0.39, 0.29) is 12.5 Å². The number of carbonyl (C=O) groups excluding carboxylic acids is 2. The van der Waals surface area contributed by atoms with Crippen LogP contribution in [-0.4, -0.2) is 32.1 Å². The fourth-order valence-electron chi connectivity index (χ4n) is 1.79. The number of benzene rings is 1. The monoisotopic (exact) mass is 344 g/mol. The summed E-state index contributed by atoms with van der Waals surface area (Å²) >= 11 is 0. The first kappa shape index (κ1) is 20.0. The van der Waals surface area contributed by atoms with Crippen LogP contribution in [0.25, 0.3) is 6.08 Å². The van der Waals surface area contributed by atoms with Crippen LogP contribution in [0.2, 0.25) is 0 Å². The van der Waals surface area contributed by atoms with Crippen LogP contribution in [0, 0.1) is 0 Å². The summed E-state index contributed by atoms with van der Waals surface area (Å²) in [4.78, 5) is 22.8. The van der Waals surface area contributed by atoms with Gasteiger partial charge in [-0.3, -0.25) is 4.79 Å². The van der Waals surface area contributed by atoms with E-state index in [2.05, 4.69) is 10.1 Å². The van der Waals surface area contributed by atoms with Gasteiger partial charge in [0.1, 0.15) is 5.75 Å². The molecule has 1 amide bonds. The van der Waals surface area contributed by atoms with Gasteiger partial charge in [-0.15, -0.1) is 0 Å². The molecule has 0 aliphatic heterocycles. The number of allylic oxidation sites excluding steroid dienone is 2. The van der Waals surface area contributed by atoms with E-state index < -0.39 is 5.97 Å². The molecule has 0 fully saturated rings. The Labute approximate surface area is 148 Å². The van der Waals surface area contributed by atoms with Gasteiger partial charge >= 0.3 is 5.97 Å². The average molecular weight is 344 g/mol. The molecule has 0 radical (unpaired) electrons. The smallest absolute Gasteiger partial charge is 0.343 e. The lowest BCUT2D eigenvalue weighted by molar-refractivity contribution is -0.142. The van der Waals surface area contributed by atoms with Gasteiger partial charge in [0.05, 0.1) is 7.11 Å². The molecule has 0 bridgehead atoms. The van der Waals surface area contributed by atoms with Gasteiger partial charge in [-0.1, -0.05) is 23.8 Å². The van der Waals surface area contributed by atoms with Crippen molar-refractivity contribution >= 4 is 18.0 Å². The lowest BCUT2D eigenvalue weighted by atomic mass is 10.2. The summed E-state index contributed by atoms with van der Waals surface area (Å²) in [5.41, 5.74) is 7.25. The Hall–Kier alpha value is -3.02. The zero-order chi connectivity index (χ0) is 18.5. The molecule has 0 aromatic heterocycles. The molecule has 3 N–H and O–H groups in total. The van der Waals surface area contributed by atoms with Crippen molar-refractivity contribution in [2.75, 3.05) is 20.3 Å². The van der Waals surface area contributed by atoms with Crippen LogP contribution < -0.4 is 15.8 Å². The molecule has 1 aromatic rings. The van der Waals surface area contributed by atoms with E-state index in [1.807, 2.05) is 13.0 Å². The number of amides is 1. The Morgan fingerprint density at radius 2 is 1.96 bits per heavy atom. The zero-order valence-electron chi connectivity index (χ0n) is 14.5. The van der Waals surface area contributed by atoms with Gasteiger partial charge in [-0.05, 0) is 49.4 Å². The second-order valence-electron chi connectivity index (χ2n) is 5.21. The highest BCUT2D eigenvalue weighted by Crippen LogP contribution is 2.13. The van der Waals surface area contributed by atoms with Crippen molar-refractivity contribution in [1.29, 1.82) is 0 Å². The first-order valence-corrected chi connectivity index (χ1v) is 7.84. The van der Waals surface area contributed by atoms with E-state index in [0.29, 0.717) is 12.3 Å². The minimum absolute atomic E-state index is 0.136. The Balaban J connectivity index is 2.39. The van der Waals surface area contributed by atoms with Gasteiger partial charge in [0.2, 0.25) is 5.91 Å². The van der Waals surface area contributed by atoms with Crippen LogP contribution in [-0.2, 0) is 14.3 Å². The minimum Gasteiger partial charge on any atom is -0.482 e. The molecule has 0 aliphatic rings. The van der Waals surface area contributed by atoms with E-state index in [1.165, 1.54) is 19.4 Å². The highest BCUT2D eigenvalue weighted by molar-refractivity contribution is 5.91. The highest BCUT2D eigenvalue weighted by Gasteiger charge is 2.01. The standard InChI is InChI=1S/C19H24N2O4/c1-15(4-3-12-20)11-13-21-18(22)10-7-16-5-8-17(9-6-16)25-14-19(23)24-2/h3-10,12H,11,13-14,20H2,1-2H3,(H,21,22)/b10-7+,12-3-,15-4+. The maximum absolute atomic E-state index is 11.8. The lowest BCUT2D eigenvalue weighted by Crippen LogP contribution is -2.22. The summed E-state index contributed by atoms with van der Waals surface area (Å²) < 4.78 is 9.74. The molecule has 134 valence electrons. The van der Waals surface area contributed by atoms with Crippen molar-refractivity contribution in [3.8, 4) is 5.75 Å². The molecule has 25 heavy (non-hydrogen) atoms. The Morgan fingerprint density at radius 1 is 1.24 bits per heavy atom. The predicted molar refractivity (Wildman–Crippen MR) is 97.7 cm³/mol. The first-order valence-electron chi connectivity index (χ1n) is 7.84. The van der Waals surface area contributed by atoms with Crippen LogP contribution in [0.3, 0.4) is 0 Å². The molecular formula is C19H24N2O4. The van der Waals surface area contributed by atoms with Crippen molar-refractivity contribution in [3.05, 3.63) is 59.8 Å². The van der Waals surface area contributed by atoms with E-state index >= 15 is 0 Å². The van der Waals surface area contributed by atoms with Crippen LogP contribution in [0.4, 0.5) is 0 Å². The summed E-state index contributed by atoms with van der Waals surface area (Å²) in [5, 5.41) is 2.81. The van der Waals surface area contributed by atoms with Gasteiger partial charge in [0.15, 0.2) is 6.61 Å². The van der Waals surface area contributed by atoms with E-state index in [0.717, 1.165) is 17.6 Å². The number of ether oxygens (including phenoxy) is 2. The number of rotatable bonds is 9. The molecule has 0 saturated heterocycles. The van der Waals surface area contributed by atoms with Gasteiger partial charge in [0, 0.05) is 12.6 Å². The topological polar surface area (TPSA) is 90.6 Å². The molecule has 0 aliphatic carbocycles. The Morgan fingerprint density at radius 3 is 2.60 bits per heavy atom. The second kappa shape index (κ2) is 11.5. The summed E-state index contributed by atoms with van der Waals surface area (Å²) in [7, 11) is 1.31. The summed E-state index contributed by atoms with van der Waals surface area (Å²) in [6.07, 6.45) is 9.08. The molecule has 0 heterocycles. The van der Waals surface area contributed by atoms with Crippen molar-refractivity contribution in [2.45, 2.75) is 13.3 Å². The maximum Gasteiger partial charge on any atom is 0.343 e. The molecule has 0 spiro atoms. The number of esters is 1. The van der Waals surface area contributed by atoms with Gasteiger partial charge < -0.3 is 20.5 Å². The third kappa shape index (κ3) is 9.00. The number of carbonyl (C=O) groups is 2. The number of methoxy groups -OCH3 is 1. The predicted octanol–water partition coefficient (Wildman–Crippen LogP) is 2.18. The van der Waals surface area contributed by atoms with Crippen LogP contribution >= 0.6 is 0 Å². The largest absolute Gasteiger partial charge is 0.482 e. The maximum atomic E-state index is 11.8. The molecule has 1 aromatic carbocycles. The number of hydrogen-bond acceptors (Lipinski definition) is 5. The Kier molecular flexibility index (Phi) is 9.22. The quantitative estimate of drug-likeness (QED) is 0.407. The normalized spacial score (nSPS) is 11.7. The summed E-state index contributed by atoms with van der Waals surface area (Å²) in [5.74, 6) is -0.0428. The van der Waals surface area contributed by atoms with Crippen molar-refractivity contribution in [1.82, 2.24) is 5.32 Å². The SMILES string of the molecule is COC(=O)COc1ccc(/C=C/C(=O)NCC/C(C)=C/C=C\N)cc1. The molecule has 0 saturated carbocycles. The second-order valence-corrected chi connectivity index (χ2v) is 5.21.